The molecule has 2 aromatic rings. The number of halogens is 2. The van der Waals surface area contributed by atoms with Gasteiger partial charge in [0.15, 0.2) is 17.5 Å². The van der Waals surface area contributed by atoms with Crippen molar-refractivity contribution >= 4 is 23.7 Å². The molecule has 3 amide bonds. The highest BCUT2D eigenvalue weighted by Crippen LogP contribution is 2.42. The van der Waals surface area contributed by atoms with Gasteiger partial charge in [0, 0.05) is 12.2 Å². The minimum atomic E-state index is -3.79. The number of anilines is 1. The topological polar surface area (TPSA) is 165 Å². The van der Waals surface area contributed by atoms with E-state index in [1.165, 1.54) is 31.3 Å². The third-order valence-corrected chi connectivity index (χ3v) is 6.77. The summed E-state index contributed by atoms with van der Waals surface area (Å²) in [7, 11) is 0. The quantitative estimate of drug-likeness (QED) is 0.202. The van der Waals surface area contributed by atoms with E-state index in [4.69, 9.17) is 10.5 Å². The molecular formula is C26H31F2N5O7. The minimum absolute atomic E-state index is 0.0413. The van der Waals surface area contributed by atoms with Crippen molar-refractivity contribution in [3.63, 3.8) is 0 Å². The molecule has 1 aromatic heterocycles. The van der Waals surface area contributed by atoms with Crippen molar-refractivity contribution in [3.05, 3.63) is 47.7 Å². The Morgan fingerprint density at radius 3 is 2.62 bits per heavy atom. The maximum absolute atomic E-state index is 13.4. The molecule has 1 aromatic carbocycles. The molecule has 216 valence electrons. The Balaban J connectivity index is 1.47. The van der Waals surface area contributed by atoms with E-state index in [9.17, 15) is 28.3 Å². The van der Waals surface area contributed by atoms with Gasteiger partial charge in [0.25, 0.3) is 0 Å². The van der Waals surface area contributed by atoms with Crippen molar-refractivity contribution in [1.82, 2.24) is 15.2 Å². The third kappa shape index (κ3) is 5.92. The van der Waals surface area contributed by atoms with Gasteiger partial charge in [-0.2, -0.15) is 0 Å². The van der Waals surface area contributed by atoms with Crippen LogP contribution in [-0.4, -0.2) is 63.6 Å². The minimum Gasteiger partial charge on any atom is -0.464 e. The van der Waals surface area contributed by atoms with Crippen LogP contribution < -0.4 is 25.8 Å². The number of amides is 3. The van der Waals surface area contributed by atoms with Gasteiger partial charge in [0.2, 0.25) is 5.91 Å². The summed E-state index contributed by atoms with van der Waals surface area (Å²) in [6.07, 6.45) is -2.22. The molecule has 0 spiro atoms. The normalized spacial score (nSPS) is 22.0. The first kappa shape index (κ1) is 29.0. The molecule has 1 fully saturated rings. The molecule has 1 saturated heterocycles. The number of aromatic nitrogens is 1. The number of pyridine rings is 1. The number of rotatable bonds is 9. The number of carbonyl (C=O) groups excluding carboxylic acids is 3. The van der Waals surface area contributed by atoms with Crippen LogP contribution in [0.3, 0.4) is 0 Å². The lowest BCUT2D eigenvalue weighted by Crippen LogP contribution is -2.69. The van der Waals surface area contributed by atoms with Crippen LogP contribution in [0.2, 0.25) is 0 Å². The van der Waals surface area contributed by atoms with E-state index >= 15 is 0 Å². The van der Waals surface area contributed by atoms with Gasteiger partial charge in [-0.15, -0.1) is 8.78 Å². The Kier molecular flexibility index (Phi) is 7.85. The number of aliphatic hydroxyl groups is 1. The van der Waals surface area contributed by atoms with Gasteiger partial charge in [-0.3, -0.25) is 4.79 Å². The smallest absolute Gasteiger partial charge is 0.464 e. The number of alkyl halides is 2. The monoisotopic (exact) mass is 563 g/mol. The van der Waals surface area contributed by atoms with Crippen LogP contribution >= 0.6 is 0 Å². The van der Waals surface area contributed by atoms with Gasteiger partial charge in [-0.1, -0.05) is 6.07 Å². The number of ether oxygens (including phenoxy) is 3. The number of nitrogens with zero attached hydrogens (tertiary/aromatic N) is 2. The first-order valence-corrected chi connectivity index (χ1v) is 12.6. The van der Waals surface area contributed by atoms with Crippen molar-refractivity contribution in [1.29, 1.82) is 0 Å². The molecule has 3 heterocycles. The van der Waals surface area contributed by atoms with Crippen molar-refractivity contribution in [3.8, 4) is 11.5 Å². The Labute approximate surface area is 228 Å². The molecule has 5 atom stereocenters. The van der Waals surface area contributed by atoms with E-state index < -0.39 is 54.0 Å². The molecule has 0 unspecified atom stereocenters. The summed E-state index contributed by atoms with van der Waals surface area (Å²) in [5.74, 6) is -2.26. The van der Waals surface area contributed by atoms with Gasteiger partial charge in [0.1, 0.15) is 11.5 Å². The fourth-order valence-corrected chi connectivity index (χ4v) is 4.34. The summed E-state index contributed by atoms with van der Waals surface area (Å²) in [5.41, 5.74) is 5.37. The Bertz CT molecular complexity index is 1310. The summed E-state index contributed by atoms with van der Waals surface area (Å²) in [6, 6.07) is 3.91. The predicted molar refractivity (Wildman–Crippen MR) is 136 cm³/mol. The first-order chi connectivity index (χ1) is 18.7. The van der Waals surface area contributed by atoms with E-state index in [0.717, 1.165) is 4.90 Å². The van der Waals surface area contributed by atoms with Gasteiger partial charge < -0.3 is 35.7 Å². The second-order valence-corrected chi connectivity index (χ2v) is 9.87. The van der Waals surface area contributed by atoms with E-state index in [1.807, 2.05) is 0 Å². The number of hydrogen-bond acceptors (Lipinski definition) is 10. The number of hydrogen-bond donors (Lipinski definition) is 4. The molecule has 0 saturated carbocycles. The number of likely N-dealkylation sites (tertiary alicyclic amines) is 1. The van der Waals surface area contributed by atoms with E-state index in [2.05, 4.69) is 25.1 Å². The molecule has 4 rings (SSSR count). The predicted octanol–water partition coefficient (Wildman–Crippen LogP) is 2.27. The molecular weight excluding hydrogens is 532 g/mol. The van der Waals surface area contributed by atoms with E-state index in [-0.39, 0.29) is 24.5 Å². The Morgan fingerprint density at radius 1 is 1.25 bits per heavy atom. The second-order valence-electron chi connectivity index (χ2n) is 9.87. The zero-order valence-electron chi connectivity index (χ0n) is 22.3. The maximum atomic E-state index is 13.4. The van der Waals surface area contributed by atoms with Crippen LogP contribution in [0.25, 0.3) is 0 Å². The summed E-state index contributed by atoms with van der Waals surface area (Å²) in [6.45, 7) is 6.35. The number of urea groups is 1. The lowest BCUT2D eigenvalue weighted by molar-refractivity contribution is -0.286. The van der Waals surface area contributed by atoms with Crippen molar-refractivity contribution in [2.45, 2.75) is 64.3 Å². The summed E-state index contributed by atoms with van der Waals surface area (Å²) < 4.78 is 40.7. The zero-order valence-corrected chi connectivity index (χ0v) is 22.3. The number of β-lactam (4-membered cyclic amide) rings is 1. The fraction of sp³-hybridized carbons (Fsp3) is 0.462. The molecule has 5 N–H and O–H groups in total. The number of nitrogens with two attached hydrogens (primary N) is 1. The largest absolute Gasteiger partial charge is 0.586 e. The molecule has 40 heavy (non-hydrogen) atoms. The second kappa shape index (κ2) is 10.8. The average molecular weight is 564 g/mol. The van der Waals surface area contributed by atoms with Gasteiger partial charge >= 0.3 is 18.3 Å². The summed E-state index contributed by atoms with van der Waals surface area (Å²) in [4.78, 5) is 44.0. The number of esters is 1. The van der Waals surface area contributed by atoms with Crippen LogP contribution in [0.4, 0.5) is 19.4 Å². The van der Waals surface area contributed by atoms with Crippen molar-refractivity contribution in [2.75, 3.05) is 11.9 Å². The summed E-state index contributed by atoms with van der Waals surface area (Å²) in [5, 5.41) is 15.9. The lowest BCUT2D eigenvalue weighted by Gasteiger charge is -2.44. The SMILES string of the molecule is CCOC(=O)[C@@H]1[C@@H](Cc2ccnc(N[C@@](C)(O)[C@H](C)N)c2)C(=O)N1C(=O)N[C@H](C)c1ccc2c(c1)OC(F)(F)O2. The van der Waals surface area contributed by atoms with Crippen LogP contribution in [0.5, 0.6) is 11.5 Å². The van der Waals surface area contributed by atoms with Crippen molar-refractivity contribution in [2.24, 2.45) is 11.7 Å². The van der Waals surface area contributed by atoms with Crippen LogP contribution in [0.1, 0.15) is 44.9 Å². The Hall–Kier alpha value is -4.04. The standard InChI is InChI=1S/C26H31F2N5O7/c1-5-38-23(35)21-17(10-15-8-9-30-20(11-15)32-25(4,37)14(3)29)22(34)33(21)24(36)31-13(2)16-6-7-18-19(12-16)40-26(27,28)39-18/h6-9,11-14,17,21,37H,5,10,29H2,1-4H3,(H,30,32)(H,31,36)/t13-,14+,17-,21+,25+/m1/s1. The van der Waals surface area contributed by atoms with Crippen LogP contribution in [0, 0.1) is 5.92 Å². The maximum Gasteiger partial charge on any atom is 0.586 e. The molecule has 0 bridgehead atoms. The number of carbonyl (C=O) groups is 3. The number of nitrogens with one attached hydrogen (secondary N) is 2. The zero-order chi connectivity index (χ0) is 29.4. The Morgan fingerprint density at radius 2 is 1.95 bits per heavy atom. The van der Waals surface area contributed by atoms with E-state index in [1.54, 1.807) is 32.9 Å². The lowest BCUT2D eigenvalue weighted by atomic mass is 9.82. The van der Waals surface area contributed by atoms with E-state index in [0.29, 0.717) is 16.9 Å². The summed E-state index contributed by atoms with van der Waals surface area (Å²) >= 11 is 0. The van der Waals surface area contributed by atoms with Gasteiger partial charge in [-0.25, -0.2) is 19.5 Å². The van der Waals surface area contributed by atoms with Gasteiger partial charge in [-0.05, 0) is 69.5 Å². The molecule has 0 aliphatic carbocycles. The third-order valence-electron chi connectivity index (χ3n) is 6.77. The van der Waals surface area contributed by atoms with Crippen molar-refractivity contribution < 1.29 is 42.5 Å². The highest BCUT2D eigenvalue weighted by molar-refractivity contribution is 6.08. The highest BCUT2D eigenvalue weighted by Gasteiger charge is 2.55. The molecule has 12 nitrogen and oxygen atoms in total. The molecule has 14 heteroatoms. The highest BCUT2D eigenvalue weighted by atomic mass is 19.3. The number of benzene rings is 1. The van der Waals surface area contributed by atoms with Crippen LogP contribution in [-0.2, 0) is 20.7 Å². The molecule has 2 aliphatic heterocycles. The molecule has 0 radical (unpaired) electrons. The number of imide groups is 1. The number of fused-ring (bicyclic) bond motifs is 1. The van der Waals surface area contributed by atoms with Gasteiger partial charge in [0.05, 0.1) is 18.6 Å². The fourth-order valence-electron chi connectivity index (χ4n) is 4.34. The van der Waals surface area contributed by atoms with Crippen LogP contribution in [0.15, 0.2) is 36.5 Å². The molecule has 2 aliphatic rings. The average Bonchev–Trinajstić information content (AvgIpc) is 3.18. The first-order valence-electron chi connectivity index (χ1n) is 12.6.